The van der Waals surface area contributed by atoms with Crippen LogP contribution in [0.3, 0.4) is 0 Å². The first-order valence-corrected chi connectivity index (χ1v) is 8.02. The highest BCUT2D eigenvalue weighted by Gasteiger charge is 2.19. The van der Waals surface area contributed by atoms with Crippen LogP contribution in [0.15, 0.2) is 22.7 Å². The van der Waals surface area contributed by atoms with Gasteiger partial charge in [0.2, 0.25) is 0 Å². The number of aryl methyl sites for hydroxylation is 2. The summed E-state index contributed by atoms with van der Waals surface area (Å²) in [5.74, 6) is 2.13. The molecule has 1 heterocycles. The Labute approximate surface area is 160 Å². The number of rotatable bonds is 6. The van der Waals surface area contributed by atoms with Gasteiger partial charge in [-0.15, -0.1) is 12.4 Å². The van der Waals surface area contributed by atoms with Crippen LogP contribution in [0.2, 0.25) is 0 Å². The molecule has 2 amide bonds. The van der Waals surface area contributed by atoms with Gasteiger partial charge in [0.15, 0.2) is 0 Å². The monoisotopic (exact) mass is 383 g/mol. The number of hydrogen-bond donors (Lipinski definition) is 1. The molecule has 0 aliphatic heterocycles. The van der Waals surface area contributed by atoms with E-state index in [0.717, 1.165) is 22.6 Å². The van der Waals surface area contributed by atoms with E-state index in [1.807, 2.05) is 39.0 Å². The molecule has 8 heteroatoms. The van der Waals surface area contributed by atoms with Gasteiger partial charge in [-0.25, -0.2) is 4.79 Å². The number of aromatic nitrogens is 1. The molecule has 144 valence electrons. The van der Waals surface area contributed by atoms with E-state index in [1.165, 1.54) is 0 Å². The second-order valence-electron chi connectivity index (χ2n) is 5.94. The summed E-state index contributed by atoms with van der Waals surface area (Å²) in [4.78, 5) is 14.1. The molecule has 0 saturated carbocycles. The fraction of sp³-hybridized carbons (Fsp3) is 0.444. The van der Waals surface area contributed by atoms with Crippen molar-refractivity contribution in [3.05, 3.63) is 40.8 Å². The summed E-state index contributed by atoms with van der Waals surface area (Å²) in [6, 6.07) is 5.06. The van der Waals surface area contributed by atoms with E-state index < -0.39 is 0 Å². The minimum Gasteiger partial charge on any atom is -0.497 e. The van der Waals surface area contributed by atoms with Crippen molar-refractivity contribution in [1.29, 1.82) is 0 Å². The van der Waals surface area contributed by atoms with Crippen molar-refractivity contribution in [2.75, 3.05) is 21.3 Å². The molecule has 0 fully saturated rings. The van der Waals surface area contributed by atoms with Gasteiger partial charge in [-0.05, 0) is 39.0 Å². The third-order valence-corrected chi connectivity index (χ3v) is 4.17. The van der Waals surface area contributed by atoms with Crippen LogP contribution in [-0.4, -0.2) is 37.4 Å². The van der Waals surface area contributed by atoms with Gasteiger partial charge in [0, 0.05) is 18.2 Å². The highest BCUT2D eigenvalue weighted by Crippen LogP contribution is 2.29. The van der Waals surface area contributed by atoms with Gasteiger partial charge in [0.1, 0.15) is 17.3 Å². The van der Waals surface area contributed by atoms with Gasteiger partial charge in [-0.3, -0.25) is 0 Å². The maximum Gasteiger partial charge on any atom is 0.317 e. The Kier molecular flexibility index (Phi) is 7.76. The van der Waals surface area contributed by atoms with E-state index in [1.54, 1.807) is 26.2 Å². The van der Waals surface area contributed by atoms with Gasteiger partial charge in [-0.2, -0.15) is 0 Å². The van der Waals surface area contributed by atoms with Gasteiger partial charge in [0.25, 0.3) is 0 Å². The molecule has 2 aromatic rings. The molecule has 0 aliphatic carbocycles. The van der Waals surface area contributed by atoms with Crippen LogP contribution in [0.1, 0.15) is 35.5 Å². The van der Waals surface area contributed by atoms with Crippen molar-refractivity contribution in [2.45, 2.75) is 33.4 Å². The summed E-state index contributed by atoms with van der Waals surface area (Å²) in [7, 11) is 4.94. The van der Waals surface area contributed by atoms with Crippen LogP contribution >= 0.6 is 12.4 Å². The third kappa shape index (κ3) is 4.82. The first-order valence-electron chi connectivity index (χ1n) is 8.02. The minimum absolute atomic E-state index is 0. The van der Waals surface area contributed by atoms with Gasteiger partial charge in [-0.1, -0.05) is 5.16 Å². The van der Waals surface area contributed by atoms with Crippen molar-refractivity contribution >= 4 is 18.4 Å². The van der Waals surface area contributed by atoms with Crippen LogP contribution < -0.4 is 14.8 Å². The second kappa shape index (κ2) is 9.33. The summed E-state index contributed by atoms with van der Waals surface area (Å²) >= 11 is 0. The summed E-state index contributed by atoms with van der Waals surface area (Å²) in [5, 5.41) is 6.89. The largest absolute Gasteiger partial charge is 0.497 e. The number of carbonyl (C=O) groups excluding carboxylic acids is 1. The fourth-order valence-corrected chi connectivity index (χ4v) is 2.59. The first kappa shape index (κ1) is 21.6. The average molecular weight is 384 g/mol. The van der Waals surface area contributed by atoms with Crippen LogP contribution in [0.5, 0.6) is 11.5 Å². The zero-order valence-electron chi connectivity index (χ0n) is 16.0. The second-order valence-corrected chi connectivity index (χ2v) is 5.94. The van der Waals surface area contributed by atoms with Crippen LogP contribution in [0.25, 0.3) is 0 Å². The lowest BCUT2D eigenvalue weighted by Gasteiger charge is -2.23. The fourth-order valence-electron chi connectivity index (χ4n) is 2.59. The van der Waals surface area contributed by atoms with Crippen molar-refractivity contribution < 1.29 is 18.8 Å². The summed E-state index contributed by atoms with van der Waals surface area (Å²) in [6.07, 6.45) is 0. The standard InChI is InChI=1S/C18H25N3O4.ClH/c1-11(15-9-14(23-5)7-8-17(15)24-6)19-18(22)21(4)10-16-12(2)20-25-13(16)3;/h7-9,11H,10H2,1-6H3,(H,19,22);1H. The quantitative estimate of drug-likeness (QED) is 0.824. The van der Waals surface area contributed by atoms with Crippen molar-refractivity contribution in [2.24, 2.45) is 0 Å². The maximum atomic E-state index is 12.5. The Balaban J connectivity index is 0.00000338. The molecule has 1 N–H and O–H groups in total. The topological polar surface area (TPSA) is 76.8 Å². The van der Waals surface area contributed by atoms with Crippen LogP contribution in [0.4, 0.5) is 4.79 Å². The summed E-state index contributed by atoms with van der Waals surface area (Å²) in [6.45, 7) is 6.03. The highest BCUT2D eigenvalue weighted by atomic mass is 35.5. The van der Waals surface area contributed by atoms with E-state index in [0.29, 0.717) is 18.0 Å². The highest BCUT2D eigenvalue weighted by molar-refractivity contribution is 5.85. The normalized spacial score (nSPS) is 11.3. The number of carbonyl (C=O) groups is 1. The van der Waals surface area contributed by atoms with Gasteiger partial charge >= 0.3 is 6.03 Å². The van der Waals surface area contributed by atoms with Gasteiger partial charge in [0.05, 0.1) is 32.5 Å². The Morgan fingerprint density at radius 2 is 2.00 bits per heavy atom. The summed E-state index contributed by atoms with van der Waals surface area (Å²) in [5.41, 5.74) is 2.56. The number of nitrogens with zero attached hydrogens (tertiary/aromatic N) is 2. The lowest BCUT2D eigenvalue weighted by molar-refractivity contribution is 0.203. The smallest absolute Gasteiger partial charge is 0.317 e. The van der Waals surface area contributed by atoms with Crippen molar-refractivity contribution in [1.82, 2.24) is 15.4 Å². The molecule has 1 unspecified atom stereocenters. The number of benzene rings is 1. The number of ether oxygens (including phenoxy) is 2. The lowest BCUT2D eigenvalue weighted by atomic mass is 10.1. The number of halogens is 1. The molecule has 2 rings (SSSR count). The van der Waals surface area contributed by atoms with Crippen LogP contribution in [0, 0.1) is 13.8 Å². The number of amides is 2. The molecule has 0 radical (unpaired) electrons. The zero-order chi connectivity index (χ0) is 18.6. The molecule has 0 saturated heterocycles. The number of urea groups is 1. The Morgan fingerprint density at radius 1 is 1.31 bits per heavy atom. The predicted octanol–water partition coefficient (Wildman–Crippen LogP) is 3.63. The number of hydrogen-bond acceptors (Lipinski definition) is 5. The van der Waals surface area contributed by atoms with Crippen molar-refractivity contribution in [3.8, 4) is 11.5 Å². The van der Waals surface area contributed by atoms with E-state index in [2.05, 4.69) is 10.5 Å². The maximum absolute atomic E-state index is 12.5. The zero-order valence-corrected chi connectivity index (χ0v) is 16.8. The molecule has 1 atom stereocenters. The first-order chi connectivity index (χ1) is 11.9. The molecule has 0 aliphatic rings. The SMILES string of the molecule is COc1ccc(OC)c(C(C)NC(=O)N(C)Cc2c(C)noc2C)c1.Cl. The molecular weight excluding hydrogens is 358 g/mol. The Hall–Kier alpha value is -2.41. The average Bonchev–Trinajstić information content (AvgIpc) is 2.92. The number of nitrogens with one attached hydrogen (secondary N) is 1. The molecule has 26 heavy (non-hydrogen) atoms. The Morgan fingerprint density at radius 3 is 2.54 bits per heavy atom. The molecule has 7 nitrogen and oxygen atoms in total. The van der Waals surface area contributed by atoms with E-state index >= 15 is 0 Å². The summed E-state index contributed by atoms with van der Waals surface area (Å²) < 4.78 is 15.8. The molecule has 0 spiro atoms. The molecule has 0 bridgehead atoms. The van der Waals surface area contributed by atoms with Gasteiger partial charge < -0.3 is 24.2 Å². The van der Waals surface area contributed by atoms with E-state index in [4.69, 9.17) is 14.0 Å². The Bertz CT molecular complexity index is 729. The molecule has 1 aromatic carbocycles. The van der Waals surface area contributed by atoms with Crippen molar-refractivity contribution in [3.63, 3.8) is 0 Å². The predicted molar refractivity (Wildman–Crippen MR) is 101 cm³/mol. The third-order valence-electron chi connectivity index (χ3n) is 4.17. The molecular formula is C18H26ClN3O4. The van der Waals surface area contributed by atoms with Crippen LogP contribution in [-0.2, 0) is 6.54 Å². The van der Waals surface area contributed by atoms with E-state index in [9.17, 15) is 4.79 Å². The molecule has 1 aromatic heterocycles. The lowest BCUT2D eigenvalue weighted by Crippen LogP contribution is -2.38. The minimum atomic E-state index is -0.246. The number of methoxy groups -OCH3 is 2. The van der Waals surface area contributed by atoms with E-state index in [-0.39, 0.29) is 24.5 Å².